The number of nitrogens with zero attached hydrogens (tertiary/aromatic N) is 2. The minimum Gasteiger partial charge on any atom is -0.299 e. The molecule has 0 spiro atoms. The fourth-order valence-electron chi connectivity index (χ4n) is 2.06. The van der Waals surface area contributed by atoms with E-state index in [1.807, 2.05) is 13.8 Å². The van der Waals surface area contributed by atoms with E-state index in [0.717, 1.165) is 11.4 Å². The van der Waals surface area contributed by atoms with Crippen LogP contribution in [0.1, 0.15) is 35.7 Å². The molecule has 1 aliphatic carbocycles. The molecule has 4 nitrogen and oxygen atoms in total. The fraction of sp³-hybridized carbons (Fsp3) is 0.455. The Morgan fingerprint density at radius 3 is 2.00 bits per heavy atom. The SMILES string of the molecule is Cc1ncnc(C)c1C1C(=O)CCC1=O. The molecule has 1 saturated carbocycles. The average molecular weight is 204 g/mol. The Labute approximate surface area is 87.7 Å². The van der Waals surface area contributed by atoms with E-state index in [1.165, 1.54) is 6.33 Å². The second-order valence-corrected chi connectivity index (χ2v) is 3.82. The van der Waals surface area contributed by atoms with E-state index in [0.29, 0.717) is 18.4 Å². The van der Waals surface area contributed by atoms with E-state index in [1.54, 1.807) is 0 Å². The molecule has 0 unspecified atom stereocenters. The summed E-state index contributed by atoms with van der Waals surface area (Å²) >= 11 is 0. The summed E-state index contributed by atoms with van der Waals surface area (Å²) in [7, 11) is 0. The Kier molecular flexibility index (Phi) is 2.34. The van der Waals surface area contributed by atoms with E-state index in [2.05, 4.69) is 9.97 Å². The number of aromatic nitrogens is 2. The second kappa shape index (κ2) is 3.53. The minimum atomic E-state index is -0.605. The quantitative estimate of drug-likeness (QED) is 0.643. The smallest absolute Gasteiger partial charge is 0.148 e. The number of Topliss-reactive ketones (excluding diaryl/α,β-unsaturated/α-hetero) is 2. The van der Waals surface area contributed by atoms with Gasteiger partial charge in [-0.25, -0.2) is 9.97 Å². The highest BCUT2D eigenvalue weighted by atomic mass is 16.2. The van der Waals surface area contributed by atoms with E-state index in [-0.39, 0.29) is 11.6 Å². The molecule has 1 heterocycles. The summed E-state index contributed by atoms with van der Waals surface area (Å²) in [4.78, 5) is 31.3. The average Bonchev–Trinajstić information content (AvgIpc) is 2.49. The van der Waals surface area contributed by atoms with Crippen LogP contribution >= 0.6 is 0 Å². The third-order valence-electron chi connectivity index (χ3n) is 2.83. The van der Waals surface area contributed by atoms with Gasteiger partial charge in [0.1, 0.15) is 23.8 Å². The number of carbonyl (C=O) groups excluding carboxylic acids is 2. The Bertz CT molecular complexity index is 404. The van der Waals surface area contributed by atoms with Crippen molar-refractivity contribution in [2.24, 2.45) is 0 Å². The zero-order valence-corrected chi connectivity index (χ0v) is 8.78. The van der Waals surface area contributed by atoms with E-state index < -0.39 is 5.92 Å². The predicted molar refractivity (Wildman–Crippen MR) is 53.5 cm³/mol. The van der Waals surface area contributed by atoms with Gasteiger partial charge in [-0.3, -0.25) is 9.59 Å². The Morgan fingerprint density at radius 2 is 1.53 bits per heavy atom. The van der Waals surface area contributed by atoms with Gasteiger partial charge in [0.15, 0.2) is 0 Å². The predicted octanol–water partition coefficient (Wildman–Crippen LogP) is 1.11. The zero-order chi connectivity index (χ0) is 11.0. The van der Waals surface area contributed by atoms with E-state index in [9.17, 15) is 9.59 Å². The van der Waals surface area contributed by atoms with Crippen molar-refractivity contribution < 1.29 is 9.59 Å². The second-order valence-electron chi connectivity index (χ2n) is 3.82. The van der Waals surface area contributed by atoms with Gasteiger partial charge in [-0.1, -0.05) is 0 Å². The molecular formula is C11H12N2O2. The summed E-state index contributed by atoms with van der Waals surface area (Å²) in [5, 5.41) is 0. The molecule has 2 rings (SSSR count). The molecule has 0 aromatic carbocycles. The van der Waals surface area contributed by atoms with Gasteiger partial charge in [0, 0.05) is 29.8 Å². The first-order chi connectivity index (χ1) is 7.11. The molecular weight excluding hydrogens is 192 g/mol. The van der Waals surface area contributed by atoms with Crippen LogP contribution in [-0.4, -0.2) is 21.5 Å². The lowest BCUT2D eigenvalue weighted by Gasteiger charge is -2.11. The van der Waals surface area contributed by atoms with Crippen molar-refractivity contribution in [1.29, 1.82) is 0 Å². The van der Waals surface area contributed by atoms with Crippen LogP contribution in [0.3, 0.4) is 0 Å². The minimum absolute atomic E-state index is 0.000926. The standard InChI is InChI=1S/C11H12N2O2/c1-6-10(7(2)13-5-12-6)11-8(14)3-4-9(11)15/h5,11H,3-4H2,1-2H3. The van der Waals surface area contributed by atoms with Crippen molar-refractivity contribution in [3.8, 4) is 0 Å². The van der Waals surface area contributed by atoms with Crippen molar-refractivity contribution in [2.45, 2.75) is 32.6 Å². The van der Waals surface area contributed by atoms with Crippen LogP contribution in [0.5, 0.6) is 0 Å². The molecule has 15 heavy (non-hydrogen) atoms. The van der Waals surface area contributed by atoms with Crippen molar-refractivity contribution in [3.05, 3.63) is 23.3 Å². The van der Waals surface area contributed by atoms with Crippen molar-refractivity contribution in [2.75, 3.05) is 0 Å². The molecule has 1 aliphatic rings. The highest BCUT2D eigenvalue weighted by Gasteiger charge is 2.36. The summed E-state index contributed by atoms with van der Waals surface area (Å²) in [5.41, 5.74) is 2.18. The molecule has 0 atom stereocenters. The lowest BCUT2D eigenvalue weighted by atomic mass is 9.93. The maximum absolute atomic E-state index is 11.6. The summed E-state index contributed by atoms with van der Waals surface area (Å²) in [6.07, 6.45) is 2.17. The Morgan fingerprint density at radius 1 is 1.07 bits per heavy atom. The van der Waals surface area contributed by atoms with Crippen molar-refractivity contribution in [1.82, 2.24) is 9.97 Å². The topological polar surface area (TPSA) is 59.9 Å². The first kappa shape index (κ1) is 9.96. The fourth-order valence-corrected chi connectivity index (χ4v) is 2.06. The molecule has 0 N–H and O–H groups in total. The first-order valence-corrected chi connectivity index (χ1v) is 4.94. The van der Waals surface area contributed by atoms with Crippen LogP contribution < -0.4 is 0 Å². The lowest BCUT2D eigenvalue weighted by molar-refractivity contribution is -0.123. The lowest BCUT2D eigenvalue weighted by Crippen LogP contribution is -2.16. The van der Waals surface area contributed by atoms with E-state index in [4.69, 9.17) is 0 Å². The zero-order valence-electron chi connectivity index (χ0n) is 8.78. The summed E-state index contributed by atoms with van der Waals surface area (Å²) in [6.45, 7) is 3.62. The summed E-state index contributed by atoms with van der Waals surface area (Å²) in [5.74, 6) is -0.604. The van der Waals surface area contributed by atoms with Gasteiger partial charge < -0.3 is 0 Å². The monoisotopic (exact) mass is 204 g/mol. The van der Waals surface area contributed by atoms with Crippen molar-refractivity contribution in [3.63, 3.8) is 0 Å². The van der Waals surface area contributed by atoms with Gasteiger partial charge >= 0.3 is 0 Å². The molecule has 0 saturated heterocycles. The van der Waals surface area contributed by atoms with Crippen LogP contribution in [0.15, 0.2) is 6.33 Å². The molecule has 0 aliphatic heterocycles. The molecule has 1 fully saturated rings. The molecule has 1 aromatic rings. The number of hydrogen-bond acceptors (Lipinski definition) is 4. The van der Waals surface area contributed by atoms with Gasteiger partial charge in [-0.05, 0) is 13.8 Å². The summed E-state index contributed by atoms with van der Waals surface area (Å²) in [6, 6.07) is 0. The molecule has 0 radical (unpaired) electrons. The van der Waals surface area contributed by atoms with Crippen LogP contribution in [-0.2, 0) is 9.59 Å². The van der Waals surface area contributed by atoms with Crippen LogP contribution in [0, 0.1) is 13.8 Å². The highest BCUT2D eigenvalue weighted by Crippen LogP contribution is 2.30. The van der Waals surface area contributed by atoms with Crippen LogP contribution in [0.25, 0.3) is 0 Å². The van der Waals surface area contributed by atoms with E-state index >= 15 is 0 Å². The molecule has 0 amide bonds. The van der Waals surface area contributed by atoms with Crippen LogP contribution in [0.4, 0.5) is 0 Å². The third kappa shape index (κ3) is 1.56. The number of carbonyl (C=O) groups is 2. The maximum atomic E-state index is 11.6. The Hall–Kier alpha value is -1.58. The maximum Gasteiger partial charge on any atom is 0.148 e. The van der Waals surface area contributed by atoms with Gasteiger partial charge in [0.25, 0.3) is 0 Å². The molecule has 0 bridgehead atoms. The van der Waals surface area contributed by atoms with Gasteiger partial charge in [0.05, 0.1) is 0 Å². The van der Waals surface area contributed by atoms with Crippen molar-refractivity contribution >= 4 is 11.6 Å². The van der Waals surface area contributed by atoms with Gasteiger partial charge in [0.2, 0.25) is 0 Å². The number of rotatable bonds is 1. The molecule has 78 valence electrons. The first-order valence-electron chi connectivity index (χ1n) is 4.94. The highest BCUT2D eigenvalue weighted by molar-refractivity contribution is 6.13. The van der Waals surface area contributed by atoms with Gasteiger partial charge in [-0.15, -0.1) is 0 Å². The number of aryl methyl sites for hydroxylation is 2. The molecule has 4 heteroatoms. The number of hydrogen-bond donors (Lipinski definition) is 0. The number of ketones is 2. The van der Waals surface area contributed by atoms with Gasteiger partial charge in [-0.2, -0.15) is 0 Å². The molecule has 1 aromatic heterocycles. The Balaban J connectivity index is 2.53. The normalized spacial score (nSPS) is 17.5. The third-order valence-corrected chi connectivity index (χ3v) is 2.83. The largest absolute Gasteiger partial charge is 0.299 e. The summed E-state index contributed by atoms with van der Waals surface area (Å²) < 4.78 is 0. The van der Waals surface area contributed by atoms with Crippen LogP contribution in [0.2, 0.25) is 0 Å².